The Morgan fingerprint density at radius 1 is 1.67 bits per heavy atom. The number of hydrogen-bond acceptors (Lipinski definition) is 5. The van der Waals surface area contributed by atoms with Crippen LogP contribution in [-0.4, -0.2) is 31.2 Å². The molecule has 78 valence electrons. The highest BCUT2D eigenvalue weighted by atomic mass is 32.1. The van der Waals surface area contributed by atoms with Crippen LogP contribution in [0.15, 0.2) is 6.33 Å². The molecule has 2 rings (SSSR count). The van der Waals surface area contributed by atoms with Crippen molar-refractivity contribution in [1.29, 1.82) is 0 Å². The Balaban J connectivity index is 2.48. The number of thiazole rings is 1. The maximum Gasteiger partial charge on any atom is 0.347 e. The van der Waals surface area contributed by atoms with Crippen molar-refractivity contribution >= 4 is 17.3 Å². The highest BCUT2D eigenvalue weighted by Gasteiger charge is 2.17. The van der Waals surface area contributed by atoms with Crippen LogP contribution in [0.25, 0.3) is 10.8 Å². The van der Waals surface area contributed by atoms with Gasteiger partial charge < -0.3 is 5.11 Å². The van der Waals surface area contributed by atoms with Crippen molar-refractivity contribution in [2.24, 2.45) is 0 Å². The van der Waals surface area contributed by atoms with E-state index in [0.29, 0.717) is 22.9 Å². The lowest BCUT2D eigenvalue weighted by Gasteiger charge is -1.89. The van der Waals surface area contributed by atoms with E-state index in [1.165, 1.54) is 6.33 Å². The molecule has 2 heterocycles. The predicted octanol–water partition coefficient (Wildman–Crippen LogP) is 1.19. The number of rotatable bonds is 3. The first kappa shape index (κ1) is 9.78. The summed E-state index contributed by atoms with van der Waals surface area (Å²) < 4.78 is 0. The third-order valence-electron chi connectivity index (χ3n) is 1.84. The highest BCUT2D eigenvalue weighted by molar-refractivity contribution is 7.16. The normalized spacial score (nSPS) is 10.5. The molecule has 0 aliphatic rings. The van der Waals surface area contributed by atoms with E-state index in [1.807, 2.05) is 6.92 Å². The van der Waals surface area contributed by atoms with Crippen LogP contribution in [0, 0.1) is 0 Å². The molecule has 0 spiro atoms. The maximum absolute atomic E-state index is 10.9. The molecule has 0 atom stereocenters. The molecule has 0 fully saturated rings. The second-order valence-corrected chi connectivity index (χ2v) is 3.79. The van der Waals surface area contributed by atoms with Crippen molar-refractivity contribution in [3.8, 4) is 10.8 Å². The first-order chi connectivity index (χ1) is 7.22. The number of aryl methyl sites for hydroxylation is 1. The molecule has 2 N–H and O–H groups in total. The van der Waals surface area contributed by atoms with Gasteiger partial charge in [-0.3, -0.25) is 5.10 Å². The van der Waals surface area contributed by atoms with Gasteiger partial charge in [0.15, 0.2) is 10.8 Å². The molecular weight excluding hydrogens is 216 g/mol. The third kappa shape index (κ3) is 1.73. The molecule has 7 heteroatoms. The van der Waals surface area contributed by atoms with E-state index in [9.17, 15) is 4.79 Å². The van der Waals surface area contributed by atoms with Crippen molar-refractivity contribution < 1.29 is 9.90 Å². The van der Waals surface area contributed by atoms with Gasteiger partial charge in [0.2, 0.25) is 0 Å². The van der Waals surface area contributed by atoms with Gasteiger partial charge in [-0.25, -0.2) is 14.8 Å². The van der Waals surface area contributed by atoms with Crippen LogP contribution in [0.5, 0.6) is 0 Å². The summed E-state index contributed by atoms with van der Waals surface area (Å²) in [5, 5.41) is 15.8. The van der Waals surface area contributed by atoms with Crippen molar-refractivity contribution in [2.45, 2.75) is 13.3 Å². The lowest BCUT2D eigenvalue weighted by atomic mass is 10.3. The monoisotopic (exact) mass is 224 g/mol. The summed E-state index contributed by atoms with van der Waals surface area (Å²) in [4.78, 5) is 19.3. The summed E-state index contributed by atoms with van der Waals surface area (Å²) in [5.41, 5.74) is 0.582. The Bertz CT molecular complexity index is 477. The Hall–Kier alpha value is -1.76. The molecule has 0 saturated heterocycles. The van der Waals surface area contributed by atoms with Gasteiger partial charge in [-0.2, -0.15) is 5.10 Å². The zero-order valence-corrected chi connectivity index (χ0v) is 8.71. The first-order valence-corrected chi connectivity index (χ1v) is 5.12. The summed E-state index contributed by atoms with van der Waals surface area (Å²) in [6, 6.07) is 0. The van der Waals surface area contributed by atoms with Crippen LogP contribution < -0.4 is 0 Å². The number of nitrogens with one attached hydrogen (secondary N) is 1. The molecule has 0 radical (unpaired) electrons. The zero-order chi connectivity index (χ0) is 10.8. The second-order valence-electron chi connectivity index (χ2n) is 2.79. The van der Waals surface area contributed by atoms with Crippen LogP contribution in [0.4, 0.5) is 0 Å². The summed E-state index contributed by atoms with van der Waals surface area (Å²) in [6.07, 6.45) is 1.95. The Morgan fingerprint density at radius 2 is 2.47 bits per heavy atom. The van der Waals surface area contributed by atoms with Gasteiger partial charge in [-0.15, -0.1) is 11.3 Å². The molecular formula is C8H8N4O2S. The average molecular weight is 224 g/mol. The number of nitrogens with zero attached hydrogens (tertiary/aromatic N) is 3. The van der Waals surface area contributed by atoms with E-state index in [2.05, 4.69) is 20.2 Å². The minimum absolute atomic E-state index is 0.268. The number of aromatic nitrogens is 4. The van der Waals surface area contributed by atoms with Crippen molar-refractivity contribution in [3.05, 3.63) is 16.9 Å². The summed E-state index contributed by atoms with van der Waals surface area (Å²) in [5.74, 6) is -0.447. The van der Waals surface area contributed by atoms with E-state index in [1.54, 1.807) is 0 Å². The summed E-state index contributed by atoms with van der Waals surface area (Å²) in [7, 11) is 0. The Kier molecular flexibility index (Phi) is 2.46. The minimum Gasteiger partial charge on any atom is -0.477 e. The molecule has 0 amide bonds. The van der Waals surface area contributed by atoms with Gasteiger partial charge in [-0.1, -0.05) is 6.92 Å². The number of carboxylic acid groups (broad SMARTS) is 1. The molecule has 0 aliphatic carbocycles. The molecule has 15 heavy (non-hydrogen) atoms. The summed E-state index contributed by atoms with van der Waals surface area (Å²) >= 11 is 1.11. The van der Waals surface area contributed by atoms with E-state index in [0.717, 1.165) is 11.3 Å². The molecule has 2 aromatic rings. The molecule has 0 saturated carbocycles. The minimum atomic E-state index is -0.949. The number of H-pyrrole nitrogens is 1. The van der Waals surface area contributed by atoms with Crippen molar-refractivity contribution in [2.75, 3.05) is 0 Å². The standard InChI is InChI=1S/C8H8N4O2S/c1-2-4-5(8(13)14)15-7(11-4)6-9-3-10-12-6/h3H,2H2,1H3,(H,13,14)(H,9,10,12). The first-order valence-electron chi connectivity index (χ1n) is 4.31. The number of aromatic amines is 1. The highest BCUT2D eigenvalue weighted by Crippen LogP contribution is 2.25. The average Bonchev–Trinajstić information content (AvgIpc) is 2.86. The fraction of sp³-hybridized carbons (Fsp3) is 0.250. The van der Waals surface area contributed by atoms with Crippen molar-refractivity contribution in [1.82, 2.24) is 20.2 Å². The Morgan fingerprint density at radius 3 is 2.93 bits per heavy atom. The van der Waals surface area contributed by atoms with Gasteiger partial charge in [0.25, 0.3) is 0 Å². The van der Waals surface area contributed by atoms with Gasteiger partial charge in [0.05, 0.1) is 5.69 Å². The number of carbonyl (C=O) groups is 1. The van der Waals surface area contributed by atoms with Crippen LogP contribution in [0.3, 0.4) is 0 Å². The SMILES string of the molecule is CCc1nc(-c2ncn[nH]2)sc1C(=O)O. The fourth-order valence-electron chi connectivity index (χ4n) is 1.17. The van der Waals surface area contributed by atoms with Gasteiger partial charge in [0.1, 0.15) is 11.2 Å². The van der Waals surface area contributed by atoms with E-state index >= 15 is 0 Å². The predicted molar refractivity (Wildman–Crippen MR) is 53.8 cm³/mol. The van der Waals surface area contributed by atoms with Crippen LogP contribution >= 0.6 is 11.3 Å². The van der Waals surface area contributed by atoms with Gasteiger partial charge in [0, 0.05) is 0 Å². The number of hydrogen-bond donors (Lipinski definition) is 2. The van der Waals surface area contributed by atoms with Crippen LogP contribution in [-0.2, 0) is 6.42 Å². The lowest BCUT2D eigenvalue weighted by Crippen LogP contribution is -1.97. The van der Waals surface area contributed by atoms with Crippen LogP contribution in [0.2, 0.25) is 0 Å². The van der Waals surface area contributed by atoms with E-state index in [4.69, 9.17) is 5.11 Å². The van der Waals surface area contributed by atoms with Gasteiger partial charge in [-0.05, 0) is 6.42 Å². The largest absolute Gasteiger partial charge is 0.477 e. The number of carboxylic acids is 1. The maximum atomic E-state index is 10.9. The molecule has 0 aromatic carbocycles. The Labute approximate surface area is 89.0 Å². The fourth-order valence-corrected chi connectivity index (χ4v) is 2.11. The molecule has 0 aliphatic heterocycles. The van der Waals surface area contributed by atoms with E-state index in [-0.39, 0.29) is 4.88 Å². The smallest absolute Gasteiger partial charge is 0.347 e. The quantitative estimate of drug-likeness (QED) is 0.817. The molecule has 6 nitrogen and oxygen atoms in total. The number of aromatic carboxylic acids is 1. The lowest BCUT2D eigenvalue weighted by molar-refractivity contribution is 0.0701. The topological polar surface area (TPSA) is 91.8 Å². The molecule has 0 unspecified atom stereocenters. The van der Waals surface area contributed by atoms with Gasteiger partial charge >= 0.3 is 5.97 Å². The molecule has 0 bridgehead atoms. The molecule has 2 aromatic heterocycles. The van der Waals surface area contributed by atoms with Crippen molar-refractivity contribution in [3.63, 3.8) is 0 Å². The third-order valence-corrected chi connectivity index (χ3v) is 2.94. The summed E-state index contributed by atoms with van der Waals surface area (Å²) in [6.45, 7) is 1.87. The zero-order valence-electron chi connectivity index (χ0n) is 7.89. The van der Waals surface area contributed by atoms with E-state index < -0.39 is 5.97 Å². The van der Waals surface area contributed by atoms with Crippen LogP contribution in [0.1, 0.15) is 22.3 Å². The second kappa shape index (κ2) is 3.77.